The van der Waals surface area contributed by atoms with Crippen LogP contribution in [0.1, 0.15) is 25.3 Å². The van der Waals surface area contributed by atoms with E-state index in [0.717, 1.165) is 37.2 Å². The second-order valence-corrected chi connectivity index (χ2v) is 8.08. The number of methoxy groups -OCH3 is 1. The third kappa shape index (κ3) is 1.76. The van der Waals surface area contributed by atoms with Crippen LogP contribution in [0.3, 0.4) is 0 Å². The second kappa shape index (κ2) is 5.24. The molecule has 1 aliphatic carbocycles. The van der Waals surface area contributed by atoms with Crippen molar-refractivity contribution in [2.75, 3.05) is 25.5 Å². The van der Waals surface area contributed by atoms with Crippen LogP contribution < -0.4 is 5.32 Å². The molecule has 3 heterocycles. The van der Waals surface area contributed by atoms with Gasteiger partial charge in [0.1, 0.15) is 5.75 Å². The number of piperidine rings is 1. The van der Waals surface area contributed by atoms with Gasteiger partial charge in [-0.1, -0.05) is 12.1 Å². The molecule has 6 heteroatoms. The van der Waals surface area contributed by atoms with Crippen molar-refractivity contribution in [1.29, 1.82) is 0 Å². The fraction of sp³-hybridized carbons (Fsp3) is 0.550. The van der Waals surface area contributed by atoms with Gasteiger partial charge in [-0.3, -0.25) is 4.90 Å². The van der Waals surface area contributed by atoms with Crippen LogP contribution in [-0.4, -0.2) is 53.4 Å². The number of rotatable bonds is 2. The minimum absolute atomic E-state index is 0.00283. The number of para-hydroxylation sites is 1. The van der Waals surface area contributed by atoms with Crippen molar-refractivity contribution in [1.82, 2.24) is 4.90 Å². The fourth-order valence-electron chi connectivity index (χ4n) is 6.03. The lowest BCUT2D eigenvalue weighted by Gasteiger charge is -2.51. The van der Waals surface area contributed by atoms with Gasteiger partial charge in [0.15, 0.2) is 0 Å². The third-order valence-electron chi connectivity index (χ3n) is 7.13. The Morgan fingerprint density at radius 3 is 3.00 bits per heavy atom. The van der Waals surface area contributed by atoms with Gasteiger partial charge in [0.25, 0.3) is 0 Å². The molecule has 26 heavy (non-hydrogen) atoms. The number of hydrogen-bond acceptors (Lipinski definition) is 6. The molecule has 2 bridgehead atoms. The van der Waals surface area contributed by atoms with E-state index >= 15 is 0 Å². The lowest BCUT2D eigenvalue weighted by Crippen LogP contribution is -2.57. The van der Waals surface area contributed by atoms with Crippen LogP contribution >= 0.6 is 0 Å². The zero-order chi connectivity index (χ0) is 18.2. The molecule has 3 N–H and O–H groups in total. The van der Waals surface area contributed by atoms with Crippen molar-refractivity contribution < 1.29 is 19.7 Å². The molecule has 1 spiro atoms. The molecule has 1 unspecified atom stereocenters. The first-order valence-electron chi connectivity index (χ1n) is 9.33. The second-order valence-electron chi connectivity index (χ2n) is 8.08. The van der Waals surface area contributed by atoms with Crippen LogP contribution in [0.25, 0.3) is 0 Å². The Kier molecular flexibility index (Phi) is 3.25. The van der Waals surface area contributed by atoms with E-state index in [9.17, 15) is 15.0 Å². The summed E-state index contributed by atoms with van der Waals surface area (Å²) < 4.78 is 5.16. The van der Waals surface area contributed by atoms with Gasteiger partial charge in [0.05, 0.1) is 29.9 Å². The van der Waals surface area contributed by atoms with Crippen molar-refractivity contribution in [3.63, 3.8) is 0 Å². The summed E-state index contributed by atoms with van der Waals surface area (Å²) in [4.78, 5) is 15.3. The number of phenolic OH excluding ortho intramolecular Hbond substituents is 1. The molecule has 2 fully saturated rings. The molecule has 5 atom stereocenters. The van der Waals surface area contributed by atoms with E-state index < -0.39 is 6.10 Å². The number of benzene rings is 1. The third-order valence-corrected chi connectivity index (χ3v) is 7.13. The topological polar surface area (TPSA) is 82.0 Å². The monoisotopic (exact) mass is 356 g/mol. The molecule has 0 amide bonds. The summed E-state index contributed by atoms with van der Waals surface area (Å²) in [5.74, 6) is -0.145. The highest BCUT2D eigenvalue weighted by atomic mass is 16.5. The maximum Gasteiger partial charge on any atom is 0.335 e. The fourth-order valence-corrected chi connectivity index (χ4v) is 6.03. The van der Waals surface area contributed by atoms with E-state index in [-0.39, 0.29) is 35.0 Å². The van der Waals surface area contributed by atoms with Gasteiger partial charge in [-0.2, -0.15) is 0 Å². The van der Waals surface area contributed by atoms with Gasteiger partial charge in [0, 0.05) is 30.1 Å². The highest BCUT2D eigenvalue weighted by Gasteiger charge is 2.63. The highest BCUT2D eigenvalue weighted by molar-refractivity contribution is 5.94. The van der Waals surface area contributed by atoms with E-state index in [0.29, 0.717) is 11.3 Å². The first kappa shape index (κ1) is 16.1. The van der Waals surface area contributed by atoms with Crippen LogP contribution in [0.15, 0.2) is 29.5 Å². The predicted molar refractivity (Wildman–Crippen MR) is 95.7 cm³/mol. The minimum atomic E-state index is -0.494. The SMILES string of the molecule is COC(=O)C1=C2Nc3c(O)cccc3C23CCN2C[C@@H]([C@H](C)O)[C@@H]1C[C@H]23. The van der Waals surface area contributed by atoms with Gasteiger partial charge in [-0.05, 0) is 37.9 Å². The number of aliphatic hydroxyl groups is 1. The van der Waals surface area contributed by atoms with Gasteiger partial charge in [-0.15, -0.1) is 0 Å². The molecule has 1 aromatic rings. The molecule has 4 aliphatic rings. The molecule has 0 aromatic heterocycles. The van der Waals surface area contributed by atoms with Crippen LogP contribution in [0.5, 0.6) is 5.75 Å². The maximum atomic E-state index is 12.8. The summed E-state index contributed by atoms with van der Waals surface area (Å²) in [6.45, 7) is 3.52. The summed E-state index contributed by atoms with van der Waals surface area (Å²) >= 11 is 0. The smallest absolute Gasteiger partial charge is 0.335 e. The van der Waals surface area contributed by atoms with E-state index in [4.69, 9.17) is 4.74 Å². The summed E-state index contributed by atoms with van der Waals surface area (Å²) in [6, 6.07) is 5.90. The van der Waals surface area contributed by atoms with Gasteiger partial charge in [-0.25, -0.2) is 4.79 Å². The number of nitrogens with one attached hydrogen (secondary N) is 1. The molecule has 0 saturated carbocycles. The molecule has 2 saturated heterocycles. The quantitative estimate of drug-likeness (QED) is 0.551. The first-order valence-corrected chi connectivity index (χ1v) is 9.33. The summed E-state index contributed by atoms with van der Waals surface area (Å²) in [6.07, 6.45) is 1.24. The molecule has 138 valence electrons. The molecular formula is C20H24N2O4. The summed E-state index contributed by atoms with van der Waals surface area (Å²) in [7, 11) is 1.41. The number of carbonyl (C=O) groups is 1. The Bertz CT molecular complexity index is 833. The van der Waals surface area contributed by atoms with Gasteiger partial charge in [0.2, 0.25) is 0 Å². The molecule has 6 nitrogen and oxygen atoms in total. The highest BCUT2D eigenvalue weighted by Crippen LogP contribution is 2.62. The van der Waals surface area contributed by atoms with E-state index in [1.807, 2.05) is 13.0 Å². The number of aromatic hydroxyl groups is 1. The van der Waals surface area contributed by atoms with Gasteiger partial charge < -0.3 is 20.3 Å². The molecular weight excluding hydrogens is 332 g/mol. The first-order chi connectivity index (χ1) is 12.5. The molecule has 3 aliphatic heterocycles. The number of aliphatic hydroxyl groups excluding tert-OH is 1. The average molecular weight is 356 g/mol. The van der Waals surface area contributed by atoms with Crippen molar-refractivity contribution in [3.8, 4) is 5.75 Å². The maximum absolute atomic E-state index is 12.8. The zero-order valence-corrected chi connectivity index (χ0v) is 15.0. The predicted octanol–water partition coefficient (Wildman–Crippen LogP) is 1.59. The van der Waals surface area contributed by atoms with Crippen molar-refractivity contribution in [2.45, 2.75) is 37.3 Å². The number of anilines is 1. The Hall–Kier alpha value is -2.05. The molecule has 0 radical (unpaired) electrons. The van der Waals surface area contributed by atoms with E-state index in [1.54, 1.807) is 6.07 Å². The number of phenols is 1. The molecule has 5 rings (SSSR count). The Balaban J connectivity index is 1.79. The Morgan fingerprint density at radius 2 is 2.27 bits per heavy atom. The normalized spacial score (nSPS) is 35.6. The Morgan fingerprint density at radius 1 is 1.46 bits per heavy atom. The van der Waals surface area contributed by atoms with Crippen molar-refractivity contribution >= 4 is 11.7 Å². The minimum Gasteiger partial charge on any atom is -0.506 e. The van der Waals surface area contributed by atoms with E-state index in [2.05, 4.69) is 16.3 Å². The largest absolute Gasteiger partial charge is 0.506 e. The van der Waals surface area contributed by atoms with Crippen LogP contribution in [0.2, 0.25) is 0 Å². The van der Waals surface area contributed by atoms with Crippen LogP contribution in [-0.2, 0) is 14.9 Å². The Labute approximate surface area is 152 Å². The van der Waals surface area contributed by atoms with Gasteiger partial charge >= 0.3 is 5.97 Å². The number of hydrogen-bond donors (Lipinski definition) is 3. The van der Waals surface area contributed by atoms with Crippen molar-refractivity contribution in [2.24, 2.45) is 11.8 Å². The van der Waals surface area contributed by atoms with Crippen molar-refractivity contribution in [3.05, 3.63) is 35.0 Å². The zero-order valence-electron chi connectivity index (χ0n) is 15.0. The van der Waals surface area contributed by atoms with Crippen LogP contribution in [0.4, 0.5) is 5.69 Å². The number of carbonyl (C=O) groups excluding carboxylic acids is 1. The average Bonchev–Trinajstić information content (AvgIpc) is 3.18. The number of ether oxygens (including phenoxy) is 1. The lowest BCUT2D eigenvalue weighted by atomic mass is 9.60. The van der Waals surface area contributed by atoms with E-state index in [1.165, 1.54) is 7.11 Å². The number of esters is 1. The standard InChI is InChI=1S/C20H24N2O4/c1-10(23)12-9-22-7-6-20-13-4-3-5-14(24)17(13)21-18(20)16(19(25)26-2)11(12)8-15(20)22/h3-5,10-12,15,21,23-24H,6-9H2,1-2H3/t10-,11-,12-,15-,20?/m0/s1. The number of fused-ring (bicyclic) bond motifs is 2. The molecule has 1 aromatic carbocycles. The summed E-state index contributed by atoms with van der Waals surface area (Å²) in [5, 5.41) is 24.2. The van der Waals surface area contributed by atoms with Crippen LogP contribution in [0, 0.1) is 11.8 Å². The lowest BCUT2D eigenvalue weighted by molar-refractivity contribution is -0.138. The summed E-state index contributed by atoms with van der Waals surface area (Å²) in [5.41, 5.74) is 3.04. The number of nitrogens with zero attached hydrogens (tertiary/aromatic N) is 1.